The number of nitrogens with two attached hydrogens (primary N) is 1. The molecule has 2 rings (SSSR count). The predicted molar refractivity (Wildman–Crippen MR) is 67.0 cm³/mol. The fraction of sp³-hybridized carbons (Fsp3) is 0. The first-order valence-corrected chi connectivity index (χ1v) is 5.01. The van der Waals surface area contributed by atoms with Gasteiger partial charge < -0.3 is 16.1 Å². The summed E-state index contributed by atoms with van der Waals surface area (Å²) >= 11 is 0. The summed E-state index contributed by atoms with van der Waals surface area (Å²) in [5.41, 5.74) is 9.24. The van der Waals surface area contributed by atoms with Crippen molar-refractivity contribution in [3.8, 4) is 0 Å². The zero-order valence-electron chi connectivity index (χ0n) is 8.77. The second kappa shape index (κ2) is 4.49. The molecule has 0 spiro atoms. The molecule has 3 heteroatoms. The second-order valence-corrected chi connectivity index (χ2v) is 3.44. The number of aromatic amines is 1. The average Bonchev–Trinajstić information content (AvgIpc) is 2.85. The van der Waals surface area contributed by atoms with E-state index in [2.05, 4.69) is 4.98 Å². The summed E-state index contributed by atoms with van der Waals surface area (Å²) in [5, 5.41) is 7.46. The van der Waals surface area contributed by atoms with Crippen molar-refractivity contribution < 1.29 is 0 Å². The van der Waals surface area contributed by atoms with E-state index in [0.717, 1.165) is 16.7 Å². The Balaban J connectivity index is 2.51. The Morgan fingerprint density at radius 3 is 2.44 bits per heavy atom. The largest absolute Gasteiger partial charge is 0.398 e. The molecule has 0 bridgehead atoms. The average molecular weight is 211 g/mol. The molecule has 0 aliphatic heterocycles. The number of benzene rings is 1. The number of hydrogen-bond acceptors (Lipinski definition) is 2. The van der Waals surface area contributed by atoms with E-state index in [1.54, 1.807) is 0 Å². The van der Waals surface area contributed by atoms with Crippen molar-refractivity contribution in [1.82, 2.24) is 4.98 Å². The maximum absolute atomic E-state index is 7.46. The Kier molecular flexibility index (Phi) is 2.87. The fourth-order valence-corrected chi connectivity index (χ4v) is 1.58. The van der Waals surface area contributed by atoms with Crippen LogP contribution in [0.3, 0.4) is 0 Å². The van der Waals surface area contributed by atoms with Gasteiger partial charge in [0, 0.05) is 35.4 Å². The van der Waals surface area contributed by atoms with Crippen LogP contribution in [-0.4, -0.2) is 11.2 Å². The minimum Gasteiger partial charge on any atom is -0.398 e. The first-order chi connectivity index (χ1) is 7.83. The summed E-state index contributed by atoms with van der Waals surface area (Å²) in [6.07, 6.45) is 4.92. The molecular weight excluding hydrogens is 198 g/mol. The van der Waals surface area contributed by atoms with Crippen LogP contribution >= 0.6 is 0 Å². The normalized spacial score (nSPS) is 12.0. The molecule has 0 saturated heterocycles. The van der Waals surface area contributed by atoms with Crippen LogP contribution in [-0.2, 0) is 0 Å². The van der Waals surface area contributed by atoms with Crippen LogP contribution in [0.5, 0.6) is 0 Å². The first kappa shape index (κ1) is 10.2. The van der Waals surface area contributed by atoms with Gasteiger partial charge in [0.05, 0.1) is 0 Å². The van der Waals surface area contributed by atoms with Crippen molar-refractivity contribution in [2.45, 2.75) is 0 Å². The summed E-state index contributed by atoms with van der Waals surface area (Å²) in [5.74, 6) is 0. The number of allylic oxidation sites excluding steroid dienone is 1. The molecule has 2 aromatic rings. The minimum absolute atomic E-state index is 0.613. The zero-order valence-corrected chi connectivity index (χ0v) is 8.77. The van der Waals surface area contributed by atoms with Crippen molar-refractivity contribution in [2.24, 2.45) is 5.73 Å². The maximum Gasteiger partial charge on any atom is 0.0498 e. The highest BCUT2D eigenvalue weighted by molar-refractivity contribution is 6.17. The van der Waals surface area contributed by atoms with Gasteiger partial charge in [-0.25, -0.2) is 0 Å². The number of H-pyrrole nitrogens is 1. The van der Waals surface area contributed by atoms with Gasteiger partial charge >= 0.3 is 0 Å². The molecule has 1 aromatic heterocycles. The van der Waals surface area contributed by atoms with Gasteiger partial charge in [0.15, 0.2) is 0 Å². The Morgan fingerprint density at radius 2 is 1.88 bits per heavy atom. The van der Waals surface area contributed by atoms with Gasteiger partial charge in [-0.15, -0.1) is 0 Å². The number of nitrogens with one attached hydrogen (secondary N) is 2. The number of aromatic nitrogens is 1. The fourth-order valence-electron chi connectivity index (χ4n) is 1.58. The topological polar surface area (TPSA) is 65.7 Å². The van der Waals surface area contributed by atoms with Gasteiger partial charge in [-0.2, -0.15) is 0 Å². The molecule has 0 fully saturated rings. The van der Waals surface area contributed by atoms with E-state index in [1.807, 2.05) is 48.8 Å². The highest BCUT2D eigenvalue weighted by Crippen LogP contribution is 2.20. The molecule has 0 atom stereocenters. The molecule has 0 radical (unpaired) electrons. The van der Waals surface area contributed by atoms with E-state index in [1.165, 1.54) is 6.21 Å². The van der Waals surface area contributed by atoms with Crippen LogP contribution in [0.4, 0.5) is 0 Å². The molecule has 4 N–H and O–H groups in total. The highest BCUT2D eigenvalue weighted by Gasteiger charge is 2.05. The first-order valence-electron chi connectivity index (χ1n) is 5.01. The lowest BCUT2D eigenvalue weighted by molar-refractivity contribution is 1.40. The Labute approximate surface area is 94.1 Å². The zero-order chi connectivity index (χ0) is 11.4. The lowest BCUT2D eigenvalue weighted by atomic mass is 10.0. The summed E-state index contributed by atoms with van der Waals surface area (Å²) in [6, 6.07) is 11.6. The van der Waals surface area contributed by atoms with Crippen LogP contribution in [0.15, 0.2) is 48.8 Å². The van der Waals surface area contributed by atoms with Crippen molar-refractivity contribution in [1.29, 1.82) is 5.41 Å². The van der Waals surface area contributed by atoms with E-state index < -0.39 is 0 Å². The molecule has 0 unspecified atom stereocenters. The molecule has 0 saturated carbocycles. The molecule has 0 amide bonds. The summed E-state index contributed by atoms with van der Waals surface area (Å²) in [7, 11) is 0. The lowest BCUT2D eigenvalue weighted by Crippen LogP contribution is -2.01. The Bertz CT molecular complexity index is 495. The molecule has 80 valence electrons. The van der Waals surface area contributed by atoms with Gasteiger partial charge in [-0.05, 0) is 11.6 Å². The van der Waals surface area contributed by atoms with E-state index in [-0.39, 0.29) is 0 Å². The molecule has 1 aromatic carbocycles. The molecule has 1 heterocycles. The van der Waals surface area contributed by atoms with Gasteiger partial charge in [-0.1, -0.05) is 30.3 Å². The Hall–Kier alpha value is -2.29. The van der Waals surface area contributed by atoms with Crippen molar-refractivity contribution in [3.05, 3.63) is 59.9 Å². The summed E-state index contributed by atoms with van der Waals surface area (Å²) < 4.78 is 0. The highest BCUT2D eigenvalue weighted by atomic mass is 14.7. The molecule has 0 aliphatic rings. The molecular formula is C13H13N3. The van der Waals surface area contributed by atoms with Crippen molar-refractivity contribution in [2.75, 3.05) is 0 Å². The van der Waals surface area contributed by atoms with E-state index in [9.17, 15) is 0 Å². The van der Waals surface area contributed by atoms with Crippen molar-refractivity contribution >= 4 is 17.5 Å². The minimum atomic E-state index is 0.613. The third kappa shape index (κ3) is 1.88. The van der Waals surface area contributed by atoms with Gasteiger partial charge in [0.1, 0.15) is 0 Å². The van der Waals surface area contributed by atoms with Crippen molar-refractivity contribution in [3.63, 3.8) is 0 Å². The smallest absolute Gasteiger partial charge is 0.0498 e. The monoisotopic (exact) mass is 211 g/mol. The standard InChI is InChI=1S/C13H13N3/c14-8-12(10-4-2-1-3-5-10)13(15)11-6-7-16-9-11/h1-9,14,16H,15H2/b13-12+,14-8?. The summed E-state index contributed by atoms with van der Waals surface area (Å²) in [4.78, 5) is 2.95. The van der Waals surface area contributed by atoms with Gasteiger partial charge in [-0.3, -0.25) is 0 Å². The molecule has 0 aliphatic carbocycles. The van der Waals surface area contributed by atoms with Gasteiger partial charge in [0.2, 0.25) is 0 Å². The molecule has 3 nitrogen and oxygen atoms in total. The SMILES string of the molecule is N=C/C(=C(\N)c1cc[nH]c1)c1ccccc1. The van der Waals surface area contributed by atoms with E-state index in [4.69, 9.17) is 11.1 Å². The predicted octanol–water partition coefficient (Wildman–Crippen LogP) is 2.49. The third-order valence-corrected chi connectivity index (χ3v) is 2.43. The van der Waals surface area contributed by atoms with Crippen LogP contribution in [0, 0.1) is 5.41 Å². The number of rotatable bonds is 3. The van der Waals surface area contributed by atoms with E-state index >= 15 is 0 Å². The third-order valence-electron chi connectivity index (χ3n) is 2.43. The van der Waals surface area contributed by atoms with E-state index in [0.29, 0.717) is 5.70 Å². The van der Waals surface area contributed by atoms with Crippen LogP contribution in [0.1, 0.15) is 11.1 Å². The molecule has 16 heavy (non-hydrogen) atoms. The van der Waals surface area contributed by atoms with Crippen LogP contribution in [0.25, 0.3) is 11.3 Å². The quantitative estimate of drug-likeness (QED) is 0.671. The van der Waals surface area contributed by atoms with Crippen LogP contribution in [0.2, 0.25) is 0 Å². The maximum atomic E-state index is 7.46. The lowest BCUT2D eigenvalue weighted by Gasteiger charge is -2.06. The summed E-state index contributed by atoms with van der Waals surface area (Å²) in [6.45, 7) is 0. The Morgan fingerprint density at radius 1 is 1.12 bits per heavy atom. The van der Waals surface area contributed by atoms with Gasteiger partial charge in [0.25, 0.3) is 0 Å². The second-order valence-electron chi connectivity index (χ2n) is 3.44. The number of hydrogen-bond donors (Lipinski definition) is 3. The van der Waals surface area contributed by atoms with Crippen LogP contribution < -0.4 is 5.73 Å².